The number of hydrogen-bond donors (Lipinski definition) is 0. The second-order valence-electron chi connectivity index (χ2n) is 6.95. The minimum absolute atomic E-state index is 0.0304. The van der Waals surface area contributed by atoms with Crippen LogP contribution in [0.25, 0.3) is 0 Å². The topological polar surface area (TPSA) is 40.6 Å². The van der Waals surface area contributed by atoms with Crippen molar-refractivity contribution >= 4 is 11.8 Å². The highest BCUT2D eigenvalue weighted by molar-refractivity contribution is 5.94. The Hall–Kier alpha value is -1.91. The second-order valence-corrected chi connectivity index (χ2v) is 6.95. The van der Waals surface area contributed by atoms with E-state index in [9.17, 15) is 14.0 Å². The molecule has 0 aliphatic carbocycles. The standard InChI is InChI=1S/C19H25FN2O2/c1-14-4-2-3-11-22(14)19(24)16-9-12-21(13-10-16)18(23)15-5-7-17(20)8-6-15/h5-8,14,16H,2-4,9-13H2,1H3. The van der Waals surface area contributed by atoms with Crippen molar-refractivity contribution < 1.29 is 14.0 Å². The normalized spacial score (nSPS) is 22.5. The van der Waals surface area contributed by atoms with Crippen LogP contribution in [0.2, 0.25) is 0 Å². The third-order valence-corrected chi connectivity index (χ3v) is 5.31. The molecule has 0 bridgehead atoms. The molecule has 0 aromatic heterocycles. The van der Waals surface area contributed by atoms with Crippen LogP contribution in [-0.4, -0.2) is 47.3 Å². The van der Waals surface area contributed by atoms with Gasteiger partial charge in [-0.2, -0.15) is 0 Å². The van der Waals surface area contributed by atoms with Crippen LogP contribution < -0.4 is 0 Å². The summed E-state index contributed by atoms with van der Waals surface area (Å²) in [6, 6.07) is 5.99. The van der Waals surface area contributed by atoms with Gasteiger partial charge in [0.1, 0.15) is 5.82 Å². The number of amides is 2. The zero-order valence-electron chi connectivity index (χ0n) is 14.2. The van der Waals surface area contributed by atoms with Crippen LogP contribution in [0, 0.1) is 11.7 Å². The summed E-state index contributed by atoms with van der Waals surface area (Å²) in [6.07, 6.45) is 4.82. The average Bonchev–Trinajstić information content (AvgIpc) is 2.62. The van der Waals surface area contributed by atoms with Crippen molar-refractivity contribution in [1.82, 2.24) is 9.80 Å². The molecule has 0 radical (unpaired) electrons. The van der Waals surface area contributed by atoms with Crippen molar-refractivity contribution in [2.45, 2.75) is 45.1 Å². The molecule has 1 unspecified atom stereocenters. The first-order chi connectivity index (χ1) is 11.6. The fourth-order valence-electron chi connectivity index (χ4n) is 3.76. The number of nitrogens with zero attached hydrogens (tertiary/aromatic N) is 2. The van der Waals surface area contributed by atoms with Gasteiger partial charge in [-0.15, -0.1) is 0 Å². The molecule has 1 aromatic rings. The molecule has 0 N–H and O–H groups in total. The Labute approximate surface area is 142 Å². The van der Waals surface area contributed by atoms with Gasteiger partial charge in [0.25, 0.3) is 5.91 Å². The first-order valence-electron chi connectivity index (χ1n) is 8.91. The minimum atomic E-state index is -0.341. The summed E-state index contributed by atoms with van der Waals surface area (Å²) < 4.78 is 13.0. The number of hydrogen-bond acceptors (Lipinski definition) is 2. The SMILES string of the molecule is CC1CCCCN1C(=O)C1CCN(C(=O)c2ccc(F)cc2)CC1. The Morgan fingerprint density at radius 3 is 2.29 bits per heavy atom. The van der Waals surface area contributed by atoms with Gasteiger partial charge < -0.3 is 9.80 Å². The molecule has 2 heterocycles. The maximum absolute atomic E-state index is 13.0. The van der Waals surface area contributed by atoms with Gasteiger partial charge in [0.15, 0.2) is 0 Å². The van der Waals surface area contributed by atoms with E-state index in [-0.39, 0.29) is 23.5 Å². The molecule has 1 atom stereocenters. The van der Waals surface area contributed by atoms with Crippen LogP contribution in [0.1, 0.15) is 49.4 Å². The summed E-state index contributed by atoms with van der Waals surface area (Å²) in [5, 5.41) is 0. The first kappa shape index (κ1) is 16.9. The monoisotopic (exact) mass is 332 g/mol. The zero-order chi connectivity index (χ0) is 17.1. The lowest BCUT2D eigenvalue weighted by atomic mass is 9.92. The molecular weight excluding hydrogens is 307 g/mol. The zero-order valence-corrected chi connectivity index (χ0v) is 14.2. The third kappa shape index (κ3) is 3.60. The van der Waals surface area contributed by atoms with Gasteiger partial charge in [-0.3, -0.25) is 9.59 Å². The lowest BCUT2D eigenvalue weighted by molar-refractivity contribution is -0.140. The van der Waals surface area contributed by atoms with Gasteiger partial charge in [-0.05, 0) is 63.3 Å². The summed E-state index contributed by atoms with van der Waals surface area (Å²) in [4.78, 5) is 29.0. The molecule has 0 spiro atoms. The number of rotatable bonds is 2. The predicted octanol–water partition coefficient (Wildman–Crippen LogP) is 3.08. The quantitative estimate of drug-likeness (QED) is 0.835. The largest absolute Gasteiger partial charge is 0.340 e. The van der Waals surface area contributed by atoms with E-state index in [1.807, 2.05) is 4.90 Å². The van der Waals surface area contributed by atoms with E-state index in [1.165, 1.54) is 30.7 Å². The Morgan fingerprint density at radius 2 is 1.67 bits per heavy atom. The van der Waals surface area contributed by atoms with E-state index in [0.717, 1.165) is 32.2 Å². The fourth-order valence-corrected chi connectivity index (χ4v) is 3.76. The van der Waals surface area contributed by atoms with Crippen LogP contribution in [0.3, 0.4) is 0 Å². The van der Waals surface area contributed by atoms with Crippen molar-refractivity contribution in [3.63, 3.8) is 0 Å². The Bertz CT molecular complexity index is 594. The van der Waals surface area contributed by atoms with Gasteiger partial charge in [-0.25, -0.2) is 4.39 Å². The van der Waals surface area contributed by atoms with E-state index >= 15 is 0 Å². The highest BCUT2D eigenvalue weighted by Crippen LogP contribution is 2.25. The minimum Gasteiger partial charge on any atom is -0.340 e. The van der Waals surface area contributed by atoms with Crippen molar-refractivity contribution in [2.24, 2.45) is 5.92 Å². The molecular formula is C19H25FN2O2. The highest BCUT2D eigenvalue weighted by atomic mass is 19.1. The molecule has 130 valence electrons. The maximum atomic E-state index is 13.0. The lowest BCUT2D eigenvalue weighted by Crippen LogP contribution is -2.48. The predicted molar refractivity (Wildman–Crippen MR) is 90.1 cm³/mol. The summed E-state index contributed by atoms with van der Waals surface area (Å²) in [5.74, 6) is -0.127. The van der Waals surface area contributed by atoms with Crippen molar-refractivity contribution in [1.29, 1.82) is 0 Å². The smallest absolute Gasteiger partial charge is 0.253 e. The van der Waals surface area contributed by atoms with Crippen LogP contribution in [0.4, 0.5) is 4.39 Å². The van der Waals surface area contributed by atoms with Crippen molar-refractivity contribution in [2.75, 3.05) is 19.6 Å². The molecule has 0 saturated carbocycles. The number of carbonyl (C=O) groups excluding carboxylic acids is 2. The Balaban J connectivity index is 1.56. The molecule has 2 saturated heterocycles. The maximum Gasteiger partial charge on any atom is 0.253 e. The number of piperidine rings is 2. The van der Waals surface area contributed by atoms with Crippen molar-refractivity contribution in [3.8, 4) is 0 Å². The van der Waals surface area contributed by atoms with Gasteiger partial charge in [0.2, 0.25) is 5.91 Å². The van der Waals surface area contributed by atoms with Crippen LogP contribution >= 0.6 is 0 Å². The molecule has 1 aromatic carbocycles. The van der Waals surface area contributed by atoms with Crippen LogP contribution in [0.15, 0.2) is 24.3 Å². The highest BCUT2D eigenvalue weighted by Gasteiger charge is 2.33. The first-order valence-corrected chi connectivity index (χ1v) is 8.91. The molecule has 3 rings (SSSR count). The van der Waals surface area contributed by atoms with Gasteiger partial charge in [-0.1, -0.05) is 0 Å². The average molecular weight is 332 g/mol. The van der Waals surface area contributed by atoms with Gasteiger partial charge >= 0.3 is 0 Å². The molecule has 2 aliphatic heterocycles. The molecule has 2 amide bonds. The van der Waals surface area contributed by atoms with E-state index in [2.05, 4.69) is 6.92 Å². The summed E-state index contributed by atoms with van der Waals surface area (Å²) in [6.45, 7) is 4.18. The number of halogens is 1. The molecule has 2 aliphatic rings. The fraction of sp³-hybridized carbons (Fsp3) is 0.579. The van der Waals surface area contributed by atoms with Crippen molar-refractivity contribution in [3.05, 3.63) is 35.6 Å². The van der Waals surface area contributed by atoms with E-state index in [0.29, 0.717) is 24.7 Å². The van der Waals surface area contributed by atoms with E-state index in [1.54, 1.807) is 4.90 Å². The number of likely N-dealkylation sites (tertiary alicyclic amines) is 2. The summed E-state index contributed by atoms with van der Waals surface area (Å²) >= 11 is 0. The second kappa shape index (κ2) is 7.32. The Kier molecular flexibility index (Phi) is 5.17. The van der Waals surface area contributed by atoms with Gasteiger partial charge in [0.05, 0.1) is 0 Å². The molecule has 5 heteroatoms. The molecule has 24 heavy (non-hydrogen) atoms. The molecule has 2 fully saturated rings. The van der Waals surface area contributed by atoms with Gasteiger partial charge in [0, 0.05) is 37.2 Å². The number of carbonyl (C=O) groups is 2. The Morgan fingerprint density at radius 1 is 1.00 bits per heavy atom. The number of benzene rings is 1. The van der Waals surface area contributed by atoms with Crippen LogP contribution in [-0.2, 0) is 4.79 Å². The summed E-state index contributed by atoms with van der Waals surface area (Å²) in [5.41, 5.74) is 0.505. The van der Waals surface area contributed by atoms with Crippen LogP contribution in [0.5, 0.6) is 0 Å². The lowest BCUT2D eigenvalue weighted by Gasteiger charge is -2.38. The summed E-state index contributed by atoms with van der Waals surface area (Å²) in [7, 11) is 0. The molecule has 4 nitrogen and oxygen atoms in total. The van der Waals surface area contributed by atoms with E-state index < -0.39 is 0 Å². The van der Waals surface area contributed by atoms with E-state index in [4.69, 9.17) is 0 Å². The third-order valence-electron chi connectivity index (χ3n) is 5.31.